The van der Waals surface area contributed by atoms with Crippen LogP contribution in [0.15, 0.2) is 52.7 Å². The topological polar surface area (TPSA) is 78.7 Å². The average molecular weight is 515 g/mol. The quantitative estimate of drug-likeness (QED) is 0.130. The van der Waals surface area contributed by atoms with Crippen LogP contribution in [-0.2, 0) is 9.47 Å². The Kier molecular flexibility index (Phi) is 10.2. The smallest absolute Gasteiger partial charge is 0.342 e. The summed E-state index contributed by atoms with van der Waals surface area (Å²) in [6.45, 7) is 19.0. The Bertz CT molecular complexity index is 1020. The van der Waals surface area contributed by atoms with Gasteiger partial charge in [0.15, 0.2) is 6.79 Å². The predicted octanol–water partition coefficient (Wildman–Crippen LogP) is 8.59. The molecule has 0 amide bonds. The molecule has 0 fully saturated rings. The Labute approximate surface area is 217 Å². The van der Waals surface area contributed by atoms with Crippen molar-refractivity contribution in [3.05, 3.63) is 48.0 Å². The minimum Gasteiger partial charge on any atom is -0.541 e. The fourth-order valence-corrected chi connectivity index (χ4v) is 9.86. The first kappa shape index (κ1) is 29.5. The molecule has 2 rings (SSSR count). The molecule has 0 N–H and O–H groups in total. The number of hydrogen-bond donors (Lipinski definition) is 0. The molecule has 0 atom stereocenters. The van der Waals surface area contributed by atoms with Crippen LogP contribution in [0.25, 0.3) is 0 Å². The molecule has 0 spiro atoms. The van der Waals surface area contributed by atoms with Crippen LogP contribution in [0.2, 0.25) is 16.6 Å². The number of ether oxygens (including phenoxy) is 3. The molecule has 0 aromatic heterocycles. The van der Waals surface area contributed by atoms with Crippen molar-refractivity contribution in [2.75, 3.05) is 13.9 Å². The summed E-state index contributed by atoms with van der Waals surface area (Å²) in [5.41, 5.74) is 2.04. The first-order valence-corrected chi connectivity index (χ1v) is 14.6. The number of para-hydroxylation sites is 1. The van der Waals surface area contributed by atoms with Gasteiger partial charge in [0.25, 0.3) is 8.32 Å². The fourth-order valence-electron chi connectivity index (χ4n) is 4.60. The third-order valence-corrected chi connectivity index (χ3v) is 12.0. The van der Waals surface area contributed by atoms with Crippen LogP contribution in [0.5, 0.6) is 11.5 Å². The maximum atomic E-state index is 12.8. The zero-order valence-electron chi connectivity index (χ0n) is 23.4. The average Bonchev–Trinajstić information content (AvgIpc) is 2.78. The fraction of sp³-hybridized carbons (Fsp3) is 0.536. The Morgan fingerprint density at radius 2 is 1.50 bits per heavy atom. The first-order valence-electron chi connectivity index (χ1n) is 12.5. The van der Waals surface area contributed by atoms with Crippen LogP contribution in [0.4, 0.5) is 11.4 Å². The number of hydrogen-bond acceptors (Lipinski definition) is 7. The summed E-state index contributed by atoms with van der Waals surface area (Å²) in [5, 5.41) is 8.94. The van der Waals surface area contributed by atoms with E-state index in [2.05, 4.69) is 51.8 Å². The number of nitrogens with zero attached hydrogens (tertiary/aromatic N) is 2. The number of benzene rings is 2. The Balaban J connectivity index is 2.44. The van der Waals surface area contributed by atoms with Gasteiger partial charge in [0.2, 0.25) is 0 Å². The van der Waals surface area contributed by atoms with Gasteiger partial charge < -0.3 is 18.6 Å². The van der Waals surface area contributed by atoms with Gasteiger partial charge in [0, 0.05) is 7.11 Å². The van der Waals surface area contributed by atoms with Crippen LogP contribution in [0, 0.1) is 0 Å². The third-order valence-electron chi connectivity index (χ3n) is 6.05. The van der Waals surface area contributed by atoms with Gasteiger partial charge in [-0.1, -0.05) is 53.7 Å². The largest absolute Gasteiger partial charge is 0.541 e. The molecule has 36 heavy (non-hydrogen) atoms. The molecule has 7 nitrogen and oxygen atoms in total. The maximum Gasteiger partial charge on any atom is 0.342 e. The molecule has 2 aromatic carbocycles. The van der Waals surface area contributed by atoms with E-state index in [1.165, 1.54) is 7.11 Å². The molecule has 0 saturated heterocycles. The van der Waals surface area contributed by atoms with Crippen LogP contribution >= 0.6 is 0 Å². The Morgan fingerprint density at radius 1 is 0.889 bits per heavy atom. The number of methoxy groups -OCH3 is 1. The molecule has 8 heteroatoms. The SMILES string of the molecule is COCOc1ccc(/N=N/c2ccccc2O[Si](C(C)C)(C(C)C)C(C)C)cc1C(=O)OC(C)(C)C. The van der Waals surface area contributed by atoms with E-state index in [9.17, 15) is 4.79 Å². The first-order chi connectivity index (χ1) is 16.8. The van der Waals surface area contributed by atoms with Gasteiger partial charge in [0.1, 0.15) is 28.4 Å². The maximum absolute atomic E-state index is 12.8. The van der Waals surface area contributed by atoms with Gasteiger partial charge in [0.05, 0.1) is 5.69 Å². The highest BCUT2D eigenvalue weighted by molar-refractivity contribution is 6.78. The van der Waals surface area contributed by atoms with Gasteiger partial charge in [-0.25, -0.2) is 4.79 Å². The minimum absolute atomic E-state index is 0.00850. The van der Waals surface area contributed by atoms with Gasteiger partial charge in [-0.15, -0.1) is 5.11 Å². The summed E-state index contributed by atoms with van der Waals surface area (Å²) in [6.07, 6.45) is 0. The highest BCUT2D eigenvalue weighted by Gasteiger charge is 2.47. The van der Waals surface area contributed by atoms with Crippen LogP contribution in [0.1, 0.15) is 72.7 Å². The molecule has 0 aliphatic rings. The van der Waals surface area contributed by atoms with E-state index in [1.54, 1.807) is 18.2 Å². The monoisotopic (exact) mass is 514 g/mol. The zero-order valence-corrected chi connectivity index (χ0v) is 24.4. The summed E-state index contributed by atoms with van der Waals surface area (Å²) in [7, 11) is -0.648. The molecular weight excluding hydrogens is 472 g/mol. The summed E-state index contributed by atoms with van der Waals surface area (Å²) in [5.74, 6) is 0.586. The molecular formula is C28H42N2O5Si. The van der Waals surface area contributed by atoms with Crippen LogP contribution < -0.4 is 9.16 Å². The van der Waals surface area contributed by atoms with Crippen molar-refractivity contribution in [2.24, 2.45) is 10.2 Å². The molecule has 198 valence electrons. The van der Waals surface area contributed by atoms with Gasteiger partial charge in [-0.05, 0) is 67.7 Å². The normalized spacial score (nSPS) is 12.6. The number of azo groups is 1. The van der Waals surface area contributed by atoms with Gasteiger partial charge >= 0.3 is 5.97 Å². The van der Waals surface area contributed by atoms with Gasteiger partial charge in [-0.2, -0.15) is 5.11 Å². The molecule has 0 saturated carbocycles. The molecule has 0 heterocycles. The third kappa shape index (κ3) is 7.40. The van der Waals surface area contributed by atoms with E-state index in [0.717, 1.165) is 5.75 Å². The van der Waals surface area contributed by atoms with Crippen molar-refractivity contribution in [1.29, 1.82) is 0 Å². The van der Waals surface area contributed by atoms with E-state index >= 15 is 0 Å². The lowest BCUT2D eigenvalue weighted by atomic mass is 10.1. The van der Waals surface area contributed by atoms with Crippen molar-refractivity contribution in [3.8, 4) is 11.5 Å². The molecule has 0 radical (unpaired) electrons. The second-order valence-electron chi connectivity index (χ2n) is 10.8. The van der Waals surface area contributed by atoms with Crippen LogP contribution in [-0.4, -0.2) is 33.8 Å². The number of rotatable bonds is 11. The minimum atomic E-state index is -2.17. The predicted molar refractivity (Wildman–Crippen MR) is 146 cm³/mol. The van der Waals surface area contributed by atoms with E-state index < -0.39 is 19.9 Å². The zero-order chi connectivity index (χ0) is 27.1. The summed E-state index contributed by atoms with van der Waals surface area (Å²) < 4.78 is 23.0. The number of esters is 1. The Hall–Kier alpha value is -2.71. The Morgan fingerprint density at radius 3 is 2.06 bits per heavy atom. The second kappa shape index (κ2) is 12.5. The molecule has 0 aliphatic carbocycles. The molecule has 0 unspecified atom stereocenters. The lowest BCUT2D eigenvalue weighted by Crippen LogP contribution is -2.50. The van der Waals surface area contributed by atoms with E-state index in [0.29, 0.717) is 33.7 Å². The summed E-state index contributed by atoms with van der Waals surface area (Å²) in [6, 6.07) is 12.7. The second-order valence-corrected chi connectivity index (χ2v) is 16.2. The molecule has 2 aromatic rings. The number of carbonyl (C=O) groups excluding carboxylic acids is 1. The lowest BCUT2D eigenvalue weighted by molar-refractivity contribution is 0.00556. The van der Waals surface area contributed by atoms with Crippen LogP contribution in [0.3, 0.4) is 0 Å². The standard InChI is InChI=1S/C28H42N2O5Si/c1-19(2)36(20(3)4,21(5)6)35-26-14-12-11-13-24(26)30-29-22-15-16-25(33-18-32-10)23(17-22)27(31)34-28(7,8)9/h11-17,19-21H,18H2,1-10H3/b30-29+. The van der Waals surface area contributed by atoms with E-state index in [4.69, 9.17) is 18.6 Å². The van der Waals surface area contributed by atoms with Gasteiger partial charge in [-0.3, -0.25) is 0 Å². The molecule has 0 aliphatic heterocycles. The van der Waals surface area contributed by atoms with Crippen molar-refractivity contribution >= 4 is 25.7 Å². The number of carbonyl (C=O) groups is 1. The van der Waals surface area contributed by atoms with Crippen molar-refractivity contribution in [2.45, 2.75) is 84.5 Å². The van der Waals surface area contributed by atoms with Crippen molar-refractivity contribution in [1.82, 2.24) is 0 Å². The summed E-state index contributed by atoms with van der Waals surface area (Å²) in [4.78, 5) is 12.8. The summed E-state index contributed by atoms with van der Waals surface area (Å²) >= 11 is 0. The molecule has 0 bridgehead atoms. The van der Waals surface area contributed by atoms with Crippen molar-refractivity contribution < 1.29 is 23.4 Å². The van der Waals surface area contributed by atoms with E-state index in [-0.39, 0.29) is 12.4 Å². The highest BCUT2D eigenvalue weighted by Crippen LogP contribution is 2.44. The highest BCUT2D eigenvalue weighted by atomic mass is 28.4. The van der Waals surface area contributed by atoms with Crippen molar-refractivity contribution in [3.63, 3.8) is 0 Å². The lowest BCUT2D eigenvalue weighted by Gasteiger charge is -2.42. The van der Waals surface area contributed by atoms with E-state index in [1.807, 2.05) is 45.0 Å².